The van der Waals surface area contributed by atoms with Gasteiger partial charge in [-0.25, -0.2) is 8.42 Å². The van der Waals surface area contributed by atoms with Crippen molar-refractivity contribution in [3.8, 4) is 5.75 Å². The smallest absolute Gasteiger partial charge is 0.238 e. The number of nitrogens with zero attached hydrogens (tertiary/aromatic N) is 2. The lowest BCUT2D eigenvalue weighted by atomic mass is 9.93. The summed E-state index contributed by atoms with van der Waals surface area (Å²) in [6.45, 7) is 3.98. The monoisotopic (exact) mass is 508 g/mol. The van der Waals surface area contributed by atoms with E-state index in [1.807, 2.05) is 60.0 Å². The van der Waals surface area contributed by atoms with Crippen LogP contribution in [0.25, 0.3) is 6.08 Å². The summed E-state index contributed by atoms with van der Waals surface area (Å²) in [5.74, 6) is 0.489. The number of ether oxygens (including phenoxy) is 1. The van der Waals surface area contributed by atoms with Crippen LogP contribution >= 0.6 is 11.3 Å². The molecule has 2 aromatic carbocycles. The quantitative estimate of drug-likeness (QED) is 0.392. The van der Waals surface area contributed by atoms with E-state index in [2.05, 4.69) is 12.6 Å². The van der Waals surface area contributed by atoms with Gasteiger partial charge in [0, 0.05) is 23.4 Å². The topological polar surface area (TPSA) is 66.9 Å². The Morgan fingerprint density at radius 2 is 1.91 bits per heavy atom. The van der Waals surface area contributed by atoms with Crippen LogP contribution in [0.3, 0.4) is 0 Å². The highest BCUT2D eigenvalue weighted by Gasteiger charge is 2.34. The Labute approximate surface area is 210 Å². The lowest BCUT2D eigenvalue weighted by Crippen LogP contribution is -2.46. The number of amides is 1. The zero-order valence-corrected chi connectivity index (χ0v) is 21.2. The van der Waals surface area contributed by atoms with Gasteiger partial charge in [0.15, 0.2) is 0 Å². The predicted molar refractivity (Wildman–Crippen MR) is 141 cm³/mol. The van der Waals surface area contributed by atoms with Crippen molar-refractivity contribution in [1.82, 2.24) is 9.21 Å². The third-order valence-electron chi connectivity index (χ3n) is 5.95. The van der Waals surface area contributed by atoms with Gasteiger partial charge in [-0.05, 0) is 52.8 Å². The van der Waals surface area contributed by atoms with Crippen molar-refractivity contribution in [2.24, 2.45) is 0 Å². The molecule has 35 heavy (non-hydrogen) atoms. The summed E-state index contributed by atoms with van der Waals surface area (Å²) in [7, 11) is -2.22. The van der Waals surface area contributed by atoms with Gasteiger partial charge in [0.05, 0.1) is 19.7 Å². The predicted octanol–water partition coefficient (Wildman–Crippen LogP) is 4.72. The van der Waals surface area contributed by atoms with Crippen LogP contribution in [0.15, 0.2) is 84.1 Å². The normalized spacial score (nSPS) is 15.8. The number of carbonyl (C=O) groups excluding carboxylic acids is 1. The van der Waals surface area contributed by atoms with Gasteiger partial charge in [-0.15, -0.1) is 17.9 Å². The van der Waals surface area contributed by atoms with Crippen molar-refractivity contribution < 1.29 is 17.9 Å². The minimum Gasteiger partial charge on any atom is -0.497 e. The molecule has 0 aliphatic carbocycles. The van der Waals surface area contributed by atoms with E-state index in [1.165, 1.54) is 17.0 Å². The van der Waals surface area contributed by atoms with Gasteiger partial charge in [-0.3, -0.25) is 4.79 Å². The van der Waals surface area contributed by atoms with E-state index in [0.717, 1.165) is 38.6 Å². The molecule has 1 aliphatic rings. The first-order valence-corrected chi connectivity index (χ1v) is 13.6. The zero-order chi connectivity index (χ0) is 24.8. The molecule has 1 aromatic heterocycles. The Kier molecular flexibility index (Phi) is 7.85. The number of hydrogen-bond donors (Lipinski definition) is 0. The van der Waals surface area contributed by atoms with Gasteiger partial charge in [0.25, 0.3) is 0 Å². The maximum Gasteiger partial charge on any atom is 0.238 e. The van der Waals surface area contributed by atoms with Crippen LogP contribution in [-0.2, 0) is 21.2 Å². The highest BCUT2D eigenvalue weighted by atomic mass is 32.2. The van der Waals surface area contributed by atoms with Crippen LogP contribution in [0.2, 0.25) is 0 Å². The first kappa shape index (κ1) is 24.9. The van der Waals surface area contributed by atoms with Crippen LogP contribution in [0.1, 0.15) is 27.6 Å². The minimum absolute atomic E-state index is 0.0396. The number of fused-ring (bicyclic) bond motifs is 1. The maximum atomic E-state index is 13.6. The third-order valence-corrected chi connectivity index (χ3v) is 8.43. The molecule has 6 nitrogen and oxygen atoms in total. The molecule has 0 saturated heterocycles. The van der Waals surface area contributed by atoms with Crippen molar-refractivity contribution in [1.29, 1.82) is 0 Å². The van der Waals surface area contributed by atoms with E-state index in [9.17, 15) is 13.2 Å². The fraction of sp³-hybridized carbons (Fsp3) is 0.222. The van der Waals surface area contributed by atoms with Crippen LogP contribution in [0.5, 0.6) is 5.75 Å². The first-order chi connectivity index (χ1) is 16.9. The molecule has 8 heteroatoms. The Bertz CT molecular complexity index is 1300. The van der Waals surface area contributed by atoms with Crippen molar-refractivity contribution in [3.05, 3.63) is 106 Å². The second-order valence-electron chi connectivity index (χ2n) is 8.15. The molecule has 1 amide bonds. The number of sulfonamides is 1. The summed E-state index contributed by atoms with van der Waals surface area (Å²) in [6, 6.07) is 18.6. The highest BCUT2D eigenvalue weighted by Crippen LogP contribution is 2.38. The molecule has 0 spiro atoms. The third kappa shape index (κ3) is 5.73. The Hall–Kier alpha value is -3.20. The molecule has 4 rings (SSSR count). The molecule has 0 fully saturated rings. The van der Waals surface area contributed by atoms with Crippen LogP contribution < -0.4 is 4.74 Å². The molecule has 0 N–H and O–H groups in total. The van der Waals surface area contributed by atoms with Crippen molar-refractivity contribution >= 4 is 33.3 Å². The lowest BCUT2D eigenvalue weighted by molar-refractivity contribution is -0.133. The summed E-state index contributed by atoms with van der Waals surface area (Å²) in [5.41, 5.74) is 2.81. The summed E-state index contributed by atoms with van der Waals surface area (Å²) in [4.78, 5) is 16.6. The van der Waals surface area contributed by atoms with E-state index < -0.39 is 10.0 Å². The van der Waals surface area contributed by atoms with E-state index >= 15 is 0 Å². The van der Waals surface area contributed by atoms with E-state index in [1.54, 1.807) is 23.3 Å². The Morgan fingerprint density at radius 3 is 2.60 bits per heavy atom. The average molecular weight is 509 g/mol. The van der Waals surface area contributed by atoms with Gasteiger partial charge in [-0.1, -0.05) is 48.5 Å². The maximum absolute atomic E-state index is 13.6. The molecule has 1 aliphatic heterocycles. The number of benzene rings is 2. The van der Waals surface area contributed by atoms with Crippen molar-refractivity contribution in [3.63, 3.8) is 0 Å². The highest BCUT2D eigenvalue weighted by molar-refractivity contribution is 7.92. The molecule has 0 radical (unpaired) electrons. The van der Waals surface area contributed by atoms with Crippen molar-refractivity contribution in [2.45, 2.75) is 12.5 Å². The largest absolute Gasteiger partial charge is 0.497 e. The second kappa shape index (κ2) is 11.0. The van der Waals surface area contributed by atoms with Gasteiger partial charge >= 0.3 is 0 Å². The molecule has 2 heterocycles. The second-order valence-corrected chi connectivity index (χ2v) is 11.0. The summed E-state index contributed by atoms with van der Waals surface area (Å²) in [5, 5.41) is 3.19. The van der Waals surface area contributed by atoms with Crippen LogP contribution in [-0.4, -0.2) is 50.3 Å². The standard InChI is InChI=1S/C27H28N2O4S2/c1-3-16-28(35(31,32)19-15-21-7-5-4-6-8-21)20-26(30)29-17-13-25-24(14-18-34-25)27(29)22-9-11-23(33-2)12-10-22/h3-12,14-15,18-19,27H,1,13,16-17,20H2,2H3. The summed E-state index contributed by atoms with van der Waals surface area (Å²) in [6.07, 6.45) is 3.78. The Balaban J connectivity index is 1.60. The zero-order valence-electron chi connectivity index (χ0n) is 19.5. The summed E-state index contributed by atoms with van der Waals surface area (Å²) < 4.78 is 32.7. The van der Waals surface area contributed by atoms with Crippen LogP contribution in [0.4, 0.5) is 0 Å². The van der Waals surface area contributed by atoms with Gasteiger partial charge < -0.3 is 9.64 Å². The van der Waals surface area contributed by atoms with Gasteiger partial charge in [-0.2, -0.15) is 4.31 Å². The lowest BCUT2D eigenvalue weighted by Gasteiger charge is -2.37. The SMILES string of the molecule is C=CCN(CC(=O)N1CCc2sccc2C1c1ccc(OC)cc1)S(=O)(=O)C=Cc1ccccc1. The molecule has 182 valence electrons. The number of rotatable bonds is 9. The van der Waals surface area contributed by atoms with Crippen LogP contribution in [0, 0.1) is 0 Å². The molecule has 1 unspecified atom stereocenters. The summed E-state index contributed by atoms with van der Waals surface area (Å²) >= 11 is 1.68. The van der Waals surface area contributed by atoms with Gasteiger partial charge in [0.1, 0.15) is 5.75 Å². The fourth-order valence-electron chi connectivity index (χ4n) is 4.19. The fourth-order valence-corrected chi connectivity index (χ4v) is 6.20. The first-order valence-electron chi connectivity index (χ1n) is 11.3. The molecule has 0 saturated carbocycles. The van der Waals surface area contributed by atoms with Crippen molar-refractivity contribution in [2.75, 3.05) is 26.7 Å². The number of thiophene rings is 1. The number of methoxy groups -OCH3 is 1. The minimum atomic E-state index is -3.84. The van der Waals surface area contributed by atoms with Gasteiger partial charge in [0.2, 0.25) is 15.9 Å². The van der Waals surface area contributed by atoms with E-state index in [0.29, 0.717) is 6.54 Å². The average Bonchev–Trinajstić information content (AvgIpc) is 3.36. The number of hydrogen-bond acceptors (Lipinski definition) is 5. The number of carbonyl (C=O) groups is 1. The van der Waals surface area contributed by atoms with E-state index in [4.69, 9.17) is 4.74 Å². The molecular formula is C27H28N2O4S2. The molecule has 3 aromatic rings. The molecule has 0 bridgehead atoms. The van der Waals surface area contributed by atoms with E-state index in [-0.39, 0.29) is 25.0 Å². The molecule has 1 atom stereocenters. The Morgan fingerprint density at radius 1 is 1.17 bits per heavy atom. The molecular weight excluding hydrogens is 480 g/mol.